The molecule has 4 amide bonds. The number of hydrogen-bond acceptors (Lipinski definition) is 7. The summed E-state index contributed by atoms with van der Waals surface area (Å²) >= 11 is 0. The molecule has 2 N–H and O–H groups in total. The molecule has 5 rings (SSSR count). The fourth-order valence-corrected chi connectivity index (χ4v) is 6.93. The Bertz CT molecular complexity index is 1610. The molecule has 12 nitrogen and oxygen atoms in total. The quantitative estimate of drug-likeness (QED) is 0.408. The molecule has 0 radical (unpaired) electrons. The van der Waals surface area contributed by atoms with Gasteiger partial charge in [0.15, 0.2) is 0 Å². The van der Waals surface area contributed by atoms with Crippen molar-refractivity contribution in [1.82, 2.24) is 35.4 Å². The van der Waals surface area contributed by atoms with E-state index in [2.05, 4.69) is 20.9 Å². The fraction of sp³-hybridized carbons (Fsp3) is 0.538. The highest BCUT2D eigenvalue weighted by Crippen LogP contribution is 2.25. The van der Waals surface area contributed by atoms with E-state index < -0.39 is 24.0 Å². The van der Waals surface area contributed by atoms with E-state index >= 15 is 0 Å². The van der Waals surface area contributed by atoms with Gasteiger partial charge in [0.2, 0.25) is 17.7 Å². The van der Waals surface area contributed by atoms with Crippen LogP contribution in [0.25, 0.3) is 0 Å². The fourth-order valence-electron chi connectivity index (χ4n) is 6.93. The summed E-state index contributed by atoms with van der Waals surface area (Å²) in [7, 11) is 1.66. The van der Waals surface area contributed by atoms with Crippen molar-refractivity contribution in [2.75, 3.05) is 20.1 Å². The molecular formula is C39H53N7O5. The van der Waals surface area contributed by atoms with Crippen molar-refractivity contribution in [2.45, 2.75) is 109 Å². The number of ether oxygens (including phenoxy) is 1. The molecule has 51 heavy (non-hydrogen) atoms. The minimum absolute atomic E-state index is 0.0899. The SMILES string of the molecule is CC(C)C[C@H]1NC(=O)c2ccccc2OCc2cn(nn2)CCCCCCCCNC(=O)[C@H](Cc2ccccc2)N(C)C(=O)[C@H]2CCCN2C1=O. The Hall–Kier alpha value is -4.74. The van der Waals surface area contributed by atoms with Gasteiger partial charge >= 0.3 is 0 Å². The lowest BCUT2D eigenvalue weighted by molar-refractivity contribution is -0.147. The minimum Gasteiger partial charge on any atom is -0.486 e. The van der Waals surface area contributed by atoms with E-state index in [-0.39, 0.29) is 30.2 Å². The summed E-state index contributed by atoms with van der Waals surface area (Å²) in [6, 6.07) is 14.3. The Labute approximate surface area is 301 Å². The van der Waals surface area contributed by atoms with Gasteiger partial charge in [-0.15, -0.1) is 5.10 Å². The number of rotatable bonds is 4. The standard InChI is InChI=1S/C39H53N7O5/c1-28(2)24-32-38(49)46-23-15-19-33(46)39(50)44(3)34(25-29-16-9-8-10-17-29)37(48)40-21-13-6-4-5-7-14-22-45-26-30(42-43-45)27-51-35-20-12-11-18-31(35)36(47)41-32/h8-12,16-18,20,26,28,32-34H,4-7,13-15,19,21-25,27H2,1-3H3,(H,40,48)(H,41,47)/t32-,33-,34+/m1/s1. The maximum absolute atomic E-state index is 14.3. The molecule has 1 fully saturated rings. The van der Waals surface area contributed by atoms with Gasteiger partial charge < -0.3 is 25.2 Å². The van der Waals surface area contributed by atoms with Gasteiger partial charge in [-0.3, -0.25) is 23.9 Å². The van der Waals surface area contributed by atoms with Gasteiger partial charge in [-0.05, 0) is 55.7 Å². The number of carbonyl (C=O) groups is 4. The zero-order valence-electron chi connectivity index (χ0n) is 30.3. The number of aromatic nitrogens is 3. The Morgan fingerprint density at radius 3 is 2.37 bits per heavy atom. The normalized spacial score (nSPS) is 22.2. The Kier molecular flexibility index (Phi) is 13.6. The molecule has 3 atom stereocenters. The van der Waals surface area contributed by atoms with Gasteiger partial charge in [-0.1, -0.05) is 87.2 Å². The Morgan fingerprint density at radius 2 is 1.59 bits per heavy atom. The molecule has 3 heterocycles. The van der Waals surface area contributed by atoms with Crippen LogP contribution in [-0.4, -0.2) is 86.7 Å². The number of aryl methyl sites for hydroxylation is 1. The van der Waals surface area contributed by atoms with Crippen molar-refractivity contribution in [3.63, 3.8) is 0 Å². The number of para-hydroxylation sites is 1. The third kappa shape index (κ3) is 10.4. The van der Waals surface area contributed by atoms with E-state index in [0.717, 1.165) is 50.6 Å². The molecule has 2 aliphatic heterocycles. The van der Waals surface area contributed by atoms with E-state index in [4.69, 9.17) is 4.74 Å². The zero-order valence-corrected chi connectivity index (χ0v) is 30.3. The predicted molar refractivity (Wildman–Crippen MR) is 194 cm³/mol. The highest BCUT2D eigenvalue weighted by atomic mass is 16.5. The number of hydrogen-bond donors (Lipinski definition) is 2. The van der Waals surface area contributed by atoms with Crippen LogP contribution in [0.4, 0.5) is 0 Å². The Morgan fingerprint density at radius 1 is 0.863 bits per heavy atom. The molecule has 274 valence electrons. The van der Waals surface area contributed by atoms with E-state index in [1.807, 2.05) is 55.1 Å². The van der Waals surface area contributed by atoms with Gasteiger partial charge in [0.25, 0.3) is 5.91 Å². The van der Waals surface area contributed by atoms with E-state index in [9.17, 15) is 19.2 Å². The van der Waals surface area contributed by atoms with Crippen LogP contribution < -0.4 is 15.4 Å². The predicted octanol–water partition coefficient (Wildman–Crippen LogP) is 4.53. The van der Waals surface area contributed by atoms with Crippen molar-refractivity contribution < 1.29 is 23.9 Å². The molecule has 2 bridgehead atoms. The average molecular weight is 700 g/mol. The van der Waals surface area contributed by atoms with E-state index in [1.165, 1.54) is 4.90 Å². The zero-order chi connectivity index (χ0) is 36.2. The van der Waals surface area contributed by atoms with Crippen LogP contribution in [0.15, 0.2) is 60.8 Å². The molecule has 2 aliphatic rings. The summed E-state index contributed by atoms with van der Waals surface area (Å²) in [4.78, 5) is 59.1. The summed E-state index contributed by atoms with van der Waals surface area (Å²) in [5.41, 5.74) is 1.90. The summed E-state index contributed by atoms with van der Waals surface area (Å²) in [6.45, 7) is 5.80. The molecule has 0 spiro atoms. The van der Waals surface area contributed by atoms with Crippen LogP contribution in [0.1, 0.15) is 93.3 Å². The highest BCUT2D eigenvalue weighted by molar-refractivity contribution is 6.00. The third-order valence-electron chi connectivity index (χ3n) is 9.73. The first kappa shape index (κ1) is 37.5. The maximum Gasteiger partial charge on any atom is 0.255 e. The smallest absolute Gasteiger partial charge is 0.255 e. The van der Waals surface area contributed by atoms with Crippen molar-refractivity contribution in [3.05, 3.63) is 77.6 Å². The van der Waals surface area contributed by atoms with Crippen LogP contribution >= 0.6 is 0 Å². The van der Waals surface area contributed by atoms with Crippen LogP contribution in [-0.2, 0) is 34.0 Å². The van der Waals surface area contributed by atoms with Gasteiger partial charge in [-0.2, -0.15) is 0 Å². The average Bonchev–Trinajstić information content (AvgIpc) is 3.81. The number of fused-ring (bicyclic) bond motifs is 4. The van der Waals surface area contributed by atoms with Crippen molar-refractivity contribution >= 4 is 23.6 Å². The van der Waals surface area contributed by atoms with Crippen LogP contribution in [0.2, 0.25) is 0 Å². The third-order valence-corrected chi connectivity index (χ3v) is 9.73. The number of likely N-dealkylation sites (N-methyl/N-ethyl adjacent to an activating group) is 1. The van der Waals surface area contributed by atoms with Crippen molar-refractivity contribution in [3.8, 4) is 5.75 Å². The summed E-state index contributed by atoms with van der Waals surface area (Å²) in [6.07, 6.45) is 9.78. The molecule has 0 aliphatic carbocycles. The monoisotopic (exact) mass is 699 g/mol. The largest absolute Gasteiger partial charge is 0.486 e. The van der Waals surface area contributed by atoms with Gasteiger partial charge in [0, 0.05) is 33.1 Å². The van der Waals surface area contributed by atoms with E-state index in [0.29, 0.717) is 55.8 Å². The molecule has 3 aromatic rings. The number of benzene rings is 2. The Balaban J connectivity index is 1.39. The van der Waals surface area contributed by atoms with Crippen LogP contribution in [0.3, 0.4) is 0 Å². The van der Waals surface area contributed by atoms with Crippen molar-refractivity contribution in [1.29, 1.82) is 0 Å². The molecule has 0 unspecified atom stereocenters. The molecule has 0 saturated carbocycles. The molecule has 2 aromatic carbocycles. The molecule has 12 heteroatoms. The lowest BCUT2D eigenvalue weighted by Crippen LogP contribution is -2.57. The summed E-state index contributed by atoms with van der Waals surface area (Å²) < 4.78 is 7.88. The molecular weight excluding hydrogens is 646 g/mol. The molecule has 1 saturated heterocycles. The van der Waals surface area contributed by atoms with Crippen LogP contribution in [0, 0.1) is 5.92 Å². The highest BCUT2D eigenvalue weighted by Gasteiger charge is 2.41. The van der Waals surface area contributed by atoms with Crippen LogP contribution in [0.5, 0.6) is 5.75 Å². The van der Waals surface area contributed by atoms with Crippen molar-refractivity contribution in [2.24, 2.45) is 5.92 Å². The number of nitrogens with zero attached hydrogens (tertiary/aromatic N) is 5. The first-order valence-corrected chi connectivity index (χ1v) is 18.5. The second-order valence-electron chi connectivity index (χ2n) is 14.2. The second kappa shape index (κ2) is 18.5. The number of carbonyl (C=O) groups excluding carboxylic acids is 4. The number of amides is 4. The van der Waals surface area contributed by atoms with Gasteiger partial charge in [-0.25, -0.2) is 0 Å². The molecule has 1 aromatic heterocycles. The van der Waals surface area contributed by atoms with Gasteiger partial charge in [0.05, 0.1) is 11.8 Å². The topological polar surface area (TPSA) is 139 Å². The maximum atomic E-state index is 14.3. The van der Waals surface area contributed by atoms with Gasteiger partial charge in [0.1, 0.15) is 36.2 Å². The summed E-state index contributed by atoms with van der Waals surface area (Å²) in [5.74, 6) is -0.753. The minimum atomic E-state index is -0.855. The lowest BCUT2D eigenvalue weighted by atomic mass is 10.0. The lowest BCUT2D eigenvalue weighted by Gasteiger charge is -2.34. The summed E-state index contributed by atoms with van der Waals surface area (Å²) in [5, 5.41) is 14.6. The second-order valence-corrected chi connectivity index (χ2v) is 14.2. The number of nitrogens with one attached hydrogen (secondary N) is 2. The first-order valence-electron chi connectivity index (χ1n) is 18.5. The first-order chi connectivity index (χ1) is 24.7. The van der Waals surface area contributed by atoms with E-state index in [1.54, 1.807) is 36.2 Å².